The number of thiazole rings is 1. The van der Waals surface area contributed by atoms with Gasteiger partial charge in [-0.15, -0.1) is 11.8 Å². The molecule has 2 rings (SSSR count). The van der Waals surface area contributed by atoms with Gasteiger partial charge in [-0.1, -0.05) is 48.6 Å². The third-order valence-corrected chi connectivity index (χ3v) is 6.96. The van der Waals surface area contributed by atoms with Gasteiger partial charge in [-0.05, 0) is 44.8 Å². The fraction of sp³-hybridized carbons (Fsp3) is 0.500. The number of anilines is 1. The van der Waals surface area contributed by atoms with Crippen LogP contribution in [0.5, 0.6) is 0 Å². The van der Waals surface area contributed by atoms with Crippen molar-refractivity contribution in [2.24, 2.45) is 0 Å². The van der Waals surface area contributed by atoms with Crippen molar-refractivity contribution in [2.75, 3.05) is 31.1 Å². The molecule has 6 N–H and O–H groups in total. The van der Waals surface area contributed by atoms with Crippen molar-refractivity contribution in [2.45, 2.75) is 49.5 Å². The molecule has 9 nitrogen and oxygen atoms in total. The first-order chi connectivity index (χ1) is 15.6. The van der Waals surface area contributed by atoms with E-state index < -0.39 is 24.1 Å². The number of aryl methyl sites for hydroxylation is 1. The van der Waals surface area contributed by atoms with Gasteiger partial charge in [0, 0.05) is 12.3 Å². The summed E-state index contributed by atoms with van der Waals surface area (Å²) in [6.45, 7) is 7.80. The van der Waals surface area contributed by atoms with Crippen molar-refractivity contribution in [1.82, 2.24) is 9.88 Å². The summed E-state index contributed by atoms with van der Waals surface area (Å²) < 4.78 is 1.27. The quantitative estimate of drug-likeness (QED) is 0.205. The zero-order valence-electron chi connectivity index (χ0n) is 18.9. The molecular weight excluding hydrogens is 466 g/mol. The van der Waals surface area contributed by atoms with Crippen LogP contribution in [0, 0.1) is 6.92 Å². The Kier molecular flexibility index (Phi) is 13.7. The van der Waals surface area contributed by atoms with E-state index in [9.17, 15) is 9.59 Å². The zero-order chi connectivity index (χ0) is 24.8. The molecule has 2 atom stereocenters. The summed E-state index contributed by atoms with van der Waals surface area (Å²) in [6, 6.07) is 10.8. The van der Waals surface area contributed by atoms with Gasteiger partial charge < -0.3 is 31.1 Å². The molecule has 1 aromatic heterocycles. The predicted molar refractivity (Wildman–Crippen MR) is 131 cm³/mol. The minimum Gasteiger partial charge on any atom is -0.479 e. The summed E-state index contributed by atoms with van der Waals surface area (Å²) in [5.74, 6) is -2.40. The molecule has 0 saturated heterocycles. The van der Waals surface area contributed by atoms with Gasteiger partial charge in [0.05, 0.1) is 9.90 Å². The number of nitrogens with zero attached hydrogens (tertiary/aromatic N) is 2. The van der Waals surface area contributed by atoms with Gasteiger partial charge in [0.2, 0.25) is 0 Å². The third-order valence-electron chi connectivity index (χ3n) is 4.53. The first kappa shape index (κ1) is 28.9. The number of nitrogens with two attached hydrogens (primary N) is 1. The Morgan fingerprint density at radius 1 is 1.09 bits per heavy atom. The maximum absolute atomic E-state index is 9.77. The van der Waals surface area contributed by atoms with Gasteiger partial charge in [-0.25, -0.2) is 14.6 Å². The largest absolute Gasteiger partial charge is 0.479 e. The number of aromatic nitrogens is 1. The normalized spacial score (nSPS) is 12.6. The van der Waals surface area contributed by atoms with Crippen LogP contribution in [0.1, 0.15) is 31.0 Å². The van der Waals surface area contributed by atoms with E-state index in [0.717, 1.165) is 24.4 Å². The lowest BCUT2D eigenvalue weighted by Gasteiger charge is -2.21. The molecule has 1 heterocycles. The lowest BCUT2D eigenvalue weighted by atomic mass is 10.1. The molecule has 184 valence electrons. The highest BCUT2D eigenvalue weighted by atomic mass is 32.2. The highest BCUT2D eigenvalue weighted by molar-refractivity contribution is 8.01. The Morgan fingerprint density at radius 3 is 2.18 bits per heavy atom. The van der Waals surface area contributed by atoms with E-state index in [1.165, 1.54) is 35.7 Å². The van der Waals surface area contributed by atoms with Crippen molar-refractivity contribution in [3.05, 3.63) is 41.6 Å². The molecule has 2 aromatic rings. The minimum absolute atomic E-state index is 0.681. The summed E-state index contributed by atoms with van der Waals surface area (Å²) in [7, 11) is 0. The molecule has 0 spiro atoms. The Bertz CT molecular complexity index is 832. The van der Waals surface area contributed by atoms with Gasteiger partial charge in [0.15, 0.2) is 17.3 Å². The molecule has 0 amide bonds. The number of nitrogen functional groups attached to an aromatic ring is 1. The van der Waals surface area contributed by atoms with Crippen LogP contribution in [0.15, 0.2) is 34.5 Å². The number of hydrogen-bond acceptors (Lipinski definition) is 9. The highest BCUT2D eigenvalue weighted by Crippen LogP contribution is 2.30. The Hall–Kier alpha value is -2.18. The summed E-state index contributed by atoms with van der Waals surface area (Å²) in [6.07, 6.45) is -0.975. The van der Waals surface area contributed by atoms with Gasteiger partial charge in [-0.2, -0.15) is 0 Å². The van der Waals surface area contributed by atoms with Crippen molar-refractivity contribution in [3.8, 4) is 0 Å². The lowest BCUT2D eigenvalue weighted by Crippen LogP contribution is -2.39. The number of aliphatic carboxylic acids is 2. The van der Waals surface area contributed by atoms with Crippen LogP contribution in [-0.4, -0.2) is 79.8 Å². The molecule has 1 aromatic carbocycles. The third kappa shape index (κ3) is 11.5. The van der Waals surface area contributed by atoms with Crippen molar-refractivity contribution >= 4 is 40.2 Å². The zero-order valence-corrected chi connectivity index (χ0v) is 20.5. The molecule has 11 heteroatoms. The van der Waals surface area contributed by atoms with E-state index in [2.05, 4.69) is 47.1 Å². The van der Waals surface area contributed by atoms with Crippen LogP contribution in [0.25, 0.3) is 0 Å². The van der Waals surface area contributed by atoms with E-state index >= 15 is 0 Å². The second-order valence-electron chi connectivity index (χ2n) is 7.27. The van der Waals surface area contributed by atoms with Gasteiger partial charge in [0.1, 0.15) is 0 Å². The van der Waals surface area contributed by atoms with E-state index in [-0.39, 0.29) is 0 Å². The van der Waals surface area contributed by atoms with E-state index in [1.54, 1.807) is 11.3 Å². The van der Waals surface area contributed by atoms with E-state index in [1.807, 2.05) is 18.7 Å². The number of hydrogen-bond donors (Lipinski definition) is 5. The minimum atomic E-state index is -2.27. The number of carbonyl (C=O) groups is 2. The number of carboxylic acids is 2. The molecule has 0 radical (unpaired) electrons. The van der Waals surface area contributed by atoms with Crippen LogP contribution in [0.3, 0.4) is 0 Å². The molecular formula is C22H33N3O6S2. The van der Waals surface area contributed by atoms with Crippen molar-refractivity contribution < 1.29 is 30.0 Å². The Labute approximate surface area is 202 Å². The number of aliphatic hydroxyl groups excluding tert-OH is 2. The molecule has 2 unspecified atom stereocenters. The number of benzene rings is 1. The monoisotopic (exact) mass is 499 g/mol. The number of thioether (sulfide) groups is 1. The lowest BCUT2D eigenvalue weighted by molar-refractivity contribution is -0.165. The molecule has 33 heavy (non-hydrogen) atoms. The van der Waals surface area contributed by atoms with Gasteiger partial charge >= 0.3 is 11.9 Å². The molecule has 0 aliphatic heterocycles. The molecule has 0 aliphatic rings. The fourth-order valence-corrected chi connectivity index (χ4v) is 4.86. The number of rotatable bonds is 13. The van der Waals surface area contributed by atoms with Gasteiger partial charge in [-0.3, -0.25) is 0 Å². The Balaban J connectivity index is 0.000000461. The van der Waals surface area contributed by atoms with Gasteiger partial charge in [0.25, 0.3) is 0 Å². The summed E-state index contributed by atoms with van der Waals surface area (Å²) in [4.78, 5) is 26.4. The average Bonchev–Trinajstić information content (AvgIpc) is 3.11. The summed E-state index contributed by atoms with van der Waals surface area (Å²) >= 11 is 3.50. The molecule has 0 aliphatic carbocycles. The molecule has 0 bridgehead atoms. The molecule has 0 fully saturated rings. The van der Waals surface area contributed by atoms with Crippen molar-refractivity contribution in [3.63, 3.8) is 0 Å². The predicted octanol–water partition coefficient (Wildman–Crippen LogP) is 2.35. The summed E-state index contributed by atoms with van der Waals surface area (Å²) in [5.41, 5.74) is 8.26. The second-order valence-corrected chi connectivity index (χ2v) is 9.66. The fourth-order valence-electron chi connectivity index (χ4n) is 2.84. The average molecular weight is 500 g/mol. The van der Waals surface area contributed by atoms with E-state index in [0.29, 0.717) is 5.13 Å². The first-order valence-electron chi connectivity index (χ1n) is 10.6. The Morgan fingerprint density at radius 2 is 1.70 bits per heavy atom. The maximum Gasteiger partial charge on any atom is 0.335 e. The smallest absolute Gasteiger partial charge is 0.335 e. The maximum atomic E-state index is 9.77. The van der Waals surface area contributed by atoms with Crippen molar-refractivity contribution in [1.29, 1.82) is 0 Å². The van der Waals surface area contributed by atoms with E-state index in [4.69, 9.17) is 26.2 Å². The van der Waals surface area contributed by atoms with Crippen LogP contribution in [0.4, 0.5) is 5.13 Å². The topological polar surface area (TPSA) is 157 Å². The standard InChI is InChI=1S/C18H27N3S2.C4H6O6/c1-3-11-21(13-10-16-8-5-4-6-9-16)12-7-14-22-17-15(2)20-18(19)23-17;5-1(3(7)8)2(6)4(9)10/h4-6,8-9H,3,7,10-14H2,1-2H3,(H2,19,20);1-2,5-6H,(H,7,8)(H,9,10). The second kappa shape index (κ2) is 15.6. The number of aliphatic hydroxyl groups is 2. The van der Waals surface area contributed by atoms with Crippen LogP contribution >= 0.6 is 23.1 Å². The van der Waals surface area contributed by atoms with Crippen LogP contribution in [0.2, 0.25) is 0 Å². The number of carboxylic acid groups (broad SMARTS) is 2. The SMILES string of the molecule is CCCN(CCCSc1sc(N)nc1C)CCc1ccccc1.O=C(O)C(O)C(O)C(=O)O. The molecule has 0 saturated carbocycles. The van der Waals surface area contributed by atoms with Crippen LogP contribution < -0.4 is 5.73 Å². The van der Waals surface area contributed by atoms with Crippen LogP contribution in [-0.2, 0) is 16.0 Å². The highest BCUT2D eigenvalue weighted by Gasteiger charge is 2.29. The summed E-state index contributed by atoms with van der Waals surface area (Å²) in [5, 5.41) is 33.2. The first-order valence-corrected chi connectivity index (χ1v) is 12.4.